The Morgan fingerprint density at radius 3 is 1.70 bits per heavy atom. The summed E-state index contributed by atoms with van der Waals surface area (Å²) < 4.78 is 0. The number of piperidine rings is 1. The van der Waals surface area contributed by atoms with Crippen molar-refractivity contribution in [1.82, 2.24) is 15.1 Å². The first kappa shape index (κ1) is 14.8. The standard InChI is InChI=1S/C17H33N3/c1-2-4-16(5-3-1)14-19-10-12-20(13-11-19)15-17-6-8-18-9-7-17/h16-18H,1-15H2. The third-order valence-electron chi connectivity index (χ3n) is 5.68. The highest BCUT2D eigenvalue weighted by molar-refractivity contribution is 4.79. The number of rotatable bonds is 4. The molecule has 3 aliphatic rings. The van der Waals surface area contributed by atoms with Gasteiger partial charge in [-0.25, -0.2) is 0 Å². The second-order valence-electron chi connectivity index (χ2n) is 7.30. The second kappa shape index (κ2) is 7.77. The lowest BCUT2D eigenvalue weighted by Crippen LogP contribution is -2.49. The van der Waals surface area contributed by atoms with Crippen LogP contribution in [0.15, 0.2) is 0 Å². The fourth-order valence-electron chi connectivity index (χ4n) is 4.32. The van der Waals surface area contributed by atoms with Crippen molar-refractivity contribution in [2.45, 2.75) is 44.9 Å². The van der Waals surface area contributed by atoms with E-state index in [0.29, 0.717) is 0 Å². The lowest BCUT2D eigenvalue weighted by atomic mass is 9.89. The smallest absolute Gasteiger partial charge is 0.0110 e. The van der Waals surface area contributed by atoms with Crippen LogP contribution in [0.4, 0.5) is 0 Å². The molecule has 2 aliphatic heterocycles. The van der Waals surface area contributed by atoms with Crippen LogP contribution in [0.5, 0.6) is 0 Å². The third kappa shape index (κ3) is 4.44. The summed E-state index contributed by atoms with van der Waals surface area (Å²) in [5.41, 5.74) is 0. The van der Waals surface area contributed by atoms with Gasteiger partial charge in [-0.2, -0.15) is 0 Å². The third-order valence-corrected chi connectivity index (χ3v) is 5.68. The minimum absolute atomic E-state index is 0.959. The summed E-state index contributed by atoms with van der Waals surface area (Å²) in [6.07, 6.45) is 10.2. The summed E-state index contributed by atoms with van der Waals surface area (Å²) in [7, 11) is 0. The van der Waals surface area contributed by atoms with Crippen molar-refractivity contribution in [1.29, 1.82) is 0 Å². The van der Waals surface area contributed by atoms with Gasteiger partial charge >= 0.3 is 0 Å². The van der Waals surface area contributed by atoms with Gasteiger partial charge in [0.2, 0.25) is 0 Å². The molecule has 0 amide bonds. The van der Waals surface area contributed by atoms with Gasteiger partial charge in [0.25, 0.3) is 0 Å². The summed E-state index contributed by atoms with van der Waals surface area (Å²) in [6.45, 7) is 10.5. The maximum absolute atomic E-state index is 3.48. The minimum atomic E-state index is 0.959. The van der Waals surface area contributed by atoms with Crippen LogP contribution < -0.4 is 5.32 Å². The van der Waals surface area contributed by atoms with Crippen molar-refractivity contribution >= 4 is 0 Å². The highest BCUT2D eigenvalue weighted by Gasteiger charge is 2.23. The van der Waals surface area contributed by atoms with Crippen LogP contribution in [0, 0.1) is 11.8 Å². The van der Waals surface area contributed by atoms with Crippen LogP contribution in [0.25, 0.3) is 0 Å². The summed E-state index contributed by atoms with van der Waals surface area (Å²) >= 11 is 0. The number of nitrogens with one attached hydrogen (secondary N) is 1. The Labute approximate surface area is 125 Å². The summed E-state index contributed by atoms with van der Waals surface area (Å²) in [6, 6.07) is 0. The van der Waals surface area contributed by atoms with Crippen LogP contribution in [0.3, 0.4) is 0 Å². The Morgan fingerprint density at radius 1 is 0.650 bits per heavy atom. The van der Waals surface area contributed by atoms with Gasteiger partial charge in [0.1, 0.15) is 0 Å². The molecule has 3 nitrogen and oxygen atoms in total. The van der Waals surface area contributed by atoms with E-state index in [1.165, 1.54) is 97.3 Å². The van der Waals surface area contributed by atoms with E-state index >= 15 is 0 Å². The zero-order chi connectivity index (χ0) is 13.6. The Morgan fingerprint density at radius 2 is 1.15 bits per heavy atom. The van der Waals surface area contributed by atoms with Crippen molar-refractivity contribution < 1.29 is 0 Å². The van der Waals surface area contributed by atoms with Crippen LogP contribution in [-0.2, 0) is 0 Å². The van der Waals surface area contributed by atoms with Crippen LogP contribution in [-0.4, -0.2) is 62.2 Å². The molecule has 0 unspecified atom stereocenters. The van der Waals surface area contributed by atoms with Crippen LogP contribution in [0.1, 0.15) is 44.9 Å². The molecule has 1 saturated carbocycles. The Kier molecular flexibility index (Phi) is 5.75. The maximum atomic E-state index is 3.48. The molecule has 3 rings (SSSR count). The monoisotopic (exact) mass is 279 g/mol. The van der Waals surface area contributed by atoms with Crippen molar-refractivity contribution in [3.63, 3.8) is 0 Å². The van der Waals surface area contributed by atoms with Gasteiger partial charge in [-0.15, -0.1) is 0 Å². The molecule has 3 fully saturated rings. The van der Waals surface area contributed by atoms with E-state index in [1.807, 2.05) is 0 Å². The molecule has 0 radical (unpaired) electrons. The van der Waals surface area contributed by atoms with Gasteiger partial charge < -0.3 is 15.1 Å². The van der Waals surface area contributed by atoms with Gasteiger partial charge in [0.15, 0.2) is 0 Å². The quantitative estimate of drug-likeness (QED) is 0.851. The summed E-state index contributed by atoms with van der Waals surface area (Å²) in [4.78, 5) is 5.47. The lowest BCUT2D eigenvalue weighted by molar-refractivity contribution is 0.0940. The summed E-state index contributed by atoms with van der Waals surface area (Å²) in [5, 5.41) is 3.48. The van der Waals surface area contributed by atoms with Crippen LogP contribution >= 0.6 is 0 Å². The van der Waals surface area contributed by atoms with E-state index in [2.05, 4.69) is 15.1 Å². The van der Waals surface area contributed by atoms with Gasteiger partial charge in [-0.1, -0.05) is 19.3 Å². The number of nitrogens with zero attached hydrogens (tertiary/aromatic N) is 2. The average molecular weight is 279 g/mol. The lowest BCUT2D eigenvalue weighted by Gasteiger charge is -2.39. The zero-order valence-electron chi connectivity index (χ0n) is 13.2. The molecule has 0 spiro atoms. The fourth-order valence-corrected chi connectivity index (χ4v) is 4.32. The first-order valence-electron chi connectivity index (χ1n) is 9.05. The highest BCUT2D eigenvalue weighted by Crippen LogP contribution is 2.25. The molecule has 1 N–H and O–H groups in total. The van der Waals surface area contributed by atoms with E-state index in [9.17, 15) is 0 Å². The molecule has 20 heavy (non-hydrogen) atoms. The van der Waals surface area contributed by atoms with Gasteiger partial charge in [0, 0.05) is 39.3 Å². The Hall–Kier alpha value is -0.120. The topological polar surface area (TPSA) is 18.5 Å². The number of hydrogen-bond acceptors (Lipinski definition) is 3. The molecule has 0 aromatic heterocycles. The zero-order valence-corrected chi connectivity index (χ0v) is 13.2. The fraction of sp³-hybridized carbons (Fsp3) is 1.00. The van der Waals surface area contributed by atoms with Crippen molar-refractivity contribution in [3.05, 3.63) is 0 Å². The summed E-state index contributed by atoms with van der Waals surface area (Å²) in [5.74, 6) is 1.97. The minimum Gasteiger partial charge on any atom is -0.317 e. The molecule has 2 heterocycles. The molecule has 0 aromatic carbocycles. The first-order valence-corrected chi connectivity index (χ1v) is 9.05. The Bertz CT molecular complexity index is 233. The molecular formula is C17H33N3. The van der Waals surface area contributed by atoms with Crippen molar-refractivity contribution in [2.75, 3.05) is 52.4 Å². The molecule has 0 aromatic rings. The highest BCUT2D eigenvalue weighted by atomic mass is 15.3. The SMILES string of the molecule is C1CCC(CN2CCN(CC3CCNCC3)CC2)CC1. The molecule has 2 saturated heterocycles. The molecule has 0 bridgehead atoms. The maximum Gasteiger partial charge on any atom is 0.0110 e. The predicted octanol–water partition coefficient (Wildman–Crippen LogP) is 2.18. The second-order valence-corrected chi connectivity index (χ2v) is 7.30. The van der Waals surface area contributed by atoms with E-state index < -0.39 is 0 Å². The van der Waals surface area contributed by atoms with Gasteiger partial charge in [-0.05, 0) is 50.6 Å². The molecular weight excluding hydrogens is 246 g/mol. The van der Waals surface area contributed by atoms with Gasteiger partial charge in [0.05, 0.1) is 0 Å². The Balaban J connectivity index is 1.33. The van der Waals surface area contributed by atoms with E-state index in [4.69, 9.17) is 0 Å². The van der Waals surface area contributed by atoms with E-state index in [0.717, 1.165) is 11.8 Å². The number of hydrogen-bond donors (Lipinski definition) is 1. The average Bonchev–Trinajstić information content (AvgIpc) is 2.51. The molecule has 1 aliphatic carbocycles. The van der Waals surface area contributed by atoms with E-state index in [1.54, 1.807) is 0 Å². The first-order chi connectivity index (χ1) is 9.90. The predicted molar refractivity (Wildman–Crippen MR) is 85.0 cm³/mol. The molecule has 3 heteroatoms. The van der Waals surface area contributed by atoms with Crippen LogP contribution in [0.2, 0.25) is 0 Å². The van der Waals surface area contributed by atoms with Crippen molar-refractivity contribution in [3.8, 4) is 0 Å². The normalized spacial score (nSPS) is 28.8. The number of piperazine rings is 1. The van der Waals surface area contributed by atoms with E-state index in [-0.39, 0.29) is 0 Å². The van der Waals surface area contributed by atoms with Crippen molar-refractivity contribution in [2.24, 2.45) is 11.8 Å². The van der Waals surface area contributed by atoms with Gasteiger partial charge in [-0.3, -0.25) is 0 Å². The largest absolute Gasteiger partial charge is 0.317 e. The molecule has 0 atom stereocenters. The molecule has 116 valence electrons.